The fraction of sp³-hybridized carbons (Fsp3) is 0.583. The molecule has 1 aliphatic rings. The quantitative estimate of drug-likeness (QED) is 0.422. The van der Waals surface area contributed by atoms with Crippen molar-refractivity contribution in [2.75, 3.05) is 0 Å². The van der Waals surface area contributed by atoms with Gasteiger partial charge in [0.25, 0.3) is 0 Å². The third kappa shape index (κ3) is 1.74. The van der Waals surface area contributed by atoms with Crippen molar-refractivity contribution < 1.29 is 4.57 Å². The van der Waals surface area contributed by atoms with Crippen LogP contribution in [0.2, 0.25) is 0 Å². The van der Waals surface area contributed by atoms with Crippen molar-refractivity contribution in [1.82, 2.24) is 0 Å². The highest BCUT2D eigenvalue weighted by atomic mass is 14.9. The smallest absolute Gasteiger partial charge is 0.171 e. The van der Waals surface area contributed by atoms with Gasteiger partial charge < -0.3 is 0 Å². The van der Waals surface area contributed by atoms with Gasteiger partial charge in [-0.1, -0.05) is 13.3 Å². The Kier molecular flexibility index (Phi) is 2.34. The van der Waals surface area contributed by atoms with Crippen LogP contribution < -0.4 is 4.57 Å². The van der Waals surface area contributed by atoms with E-state index in [0.29, 0.717) is 0 Å². The van der Waals surface area contributed by atoms with E-state index in [2.05, 4.69) is 37.0 Å². The highest BCUT2D eigenvalue weighted by molar-refractivity contribution is 5.26. The predicted molar refractivity (Wildman–Crippen MR) is 53.6 cm³/mol. The van der Waals surface area contributed by atoms with Crippen molar-refractivity contribution in [1.29, 1.82) is 0 Å². The molecule has 0 spiro atoms. The molecule has 0 aromatic carbocycles. The van der Waals surface area contributed by atoms with Crippen molar-refractivity contribution in [2.24, 2.45) is 7.05 Å². The molecule has 0 saturated carbocycles. The SMILES string of the molecule is CC1CCCCc2c[n+](C)ccc21. The largest absolute Gasteiger partial charge is 0.208 e. The number of hydrogen-bond donors (Lipinski definition) is 0. The molecule has 0 aliphatic heterocycles. The van der Waals surface area contributed by atoms with Crippen LogP contribution in [-0.4, -0.2) is 0 Å². The van der Waals surface area contributed by atoms with Gasteiger partial charge in [0, 0.05) is 11.6 Å². The molecule has 2 rings (SSSR count). The summed E-state index contributed by atoms with van der Waals surface area (Å²) in [5.74, 6) is 0.763. The molecule has 0 saturated heterocycles. The van der Waals surface area contributed by atoms with Gasteiger partial charge in [-0.05, 0) is 30.7 Å². The Hall–Kier alpha value is -0.850. The first-order valence-corrected chi connectivity index (χ1v) is 5.25. The third-order valence-electron chi connectivity index (χ3n) is 3.08. The number of rotatable bonds is 0. The summed E-state index contributed by atoms with van der Waals surface area (Å²) < 4.78 is 2.16. The van der Waals surface area contributed by atoms with Crippen LogP contribution in [-0.2, 0) is 13.5 Å². The van der Waals surface area contributed by atoms with Gasteiger partial charge in [0.05, 0.1) is 0 Å². The van der Waals surface area contributed by atoms with Gasteiger partial charge in [0.2, 0.25) is 0 Å². The zero-order valence-electron chi connectivity index (χ0n) is 8.59. The summed E-state index contributed by atoms with van der Waals surface area (Å²) in [5, 5.41) is 0. The lowest BCUT2D eigenvalue weighted by molar-refractivity contribution is -0.672. The molecule has 13 heavy (non-hydrogen) atoms. The Morgan fingerprint density at radius 1 is 1.38 bits per heavy atom. The number of fused-ring (bicyclic) bond motifs is 1. The highest BCUT2D eigenvalue weighted by Crippen LogP contribution is 2.28. The van der Waals surface area contributed by atoms with E-state index in [0.717, 1.165) is 5.92 Å². The molecule has 0 radical (unpaired) electrons. The third-order valence-corrected chi connectivity index (χ3v) is 3.08. The average molecular weight is 176 g/mol. The molecule has 1 unspecified atom stereocenters. The highest BCUT2D eigenvalue weighted by Gasteiger charge is 2.16. The Balaban J connectivity index is 2.42. The number of hydrogen-bond acceptors (Lipinski definition) is 0. The van der Waals surface area contributed by atoms with Gasteiger partial charge in [-0.25, -0.2) is 4.57 Å². The lowest BCUT2D eigenvalue weighted by Gasteiger charge is -2.09. The molecular formula is C12H18N+. The maximum absolute atomic E-state index is 2.35. The maximum Gasteiger partial charge on any atom is 0.171 e. The van der Waals surface area contributed by atoms with E-state index in [4.69, 9.17) is 0 Å². The van der Waals surface area contributed by atoms with Crippen LogP contribution in [0.3, 0.4) is 0 Å². The molecule has 1 heterocycles. The molecule has 0 N–H and O–H groups in total. The Morgan fingerprint density at radius 3 is 3.08 bits per heavy atom. The second-order valence-corrected chi connectivity index (χ2v) is 4.24. The zero-order valence-corrected chi connectivity index (χ0v) is 8.59. The van der Waals surface area contributed by atoms with Gasteiger partial charge in [0.1, 0.15) is 7.05 Å². The van der Waals surface area contributed by atoms with Crippen LogP contribution in [0, 0.1) is 0 Å². The Bertz CT molecular complexity index is 304. The fourth-order valence-electron chi connectivity index (χ4n) is 2.28. The molecule has 0 fully saturated rings. The second-order valence-electron chi connectivity index (χ2n) is 4.24. The van der Waals surface area contributed by atoms with E-state index in [-0.39, 0.29) is 0 Å². The number of aromatic nitrogens is 1. The molecule has 1 atom stereocenters. The molecule has 1 aliphatic carbocycles. The molecule has 1 nitrogen and oxygen atoms in total. The zero-order chi connectivity index (χ0) is 9.26. The number of pyridine rings is 1. The van der Waals surface area contributed by atoms with Crippen LogP contribution in [0.15, 0.2) is 18.5 Å². The van der Waals surface area contributed by atoms with Gasteiger partial charge in [0.15, 0.2) is 12.4 Å². The molecule has 1 heteroatoms. The standard InChI is InChI=1S/C12H18N/c1-10-5-3-4-6-11-9-13(2)8-7-12(10)11/h7-10H,3-6H2,1-2H3/q+1. The van der Waals surface area contributed by atoms with Gasteiger partial charge >= 0.3 is 0 Å². The van der Waals surface area contributed by atoms with E-state index >= 15 is 0 Å². The summed E-state index contributed by atoms with van der Waals surface area (Å²) in [6.45, 7) is 2.35. The van der Waals surface area contributed by atoms with E-state index in [1.807, 2.05) is 0 Å². The topological polar surface area (TPSA) is 3.88 Å². The summed E-state index contributed by atoms with van der Waals surface area (Å²) in [4.78, 5) is 0. The second kappa shape index (κ2) is 3.49. The average Bonchev–Trinajstić information content (AvgIpc) is 2.28. The van der Waals surface area contributed by atoms with Crippen LogP contribution >= 0.6 is 0 Å². The monoisotopic (exact) mass is 176 g/mol. The summed E-state index contributed by atoms with van der Waals surface area (Å²) in [6, 6.07) is 2.30. The summed E-state index contributed by atoms with van der Waals surface area (Å²) in [7, 11) is 2.11. The van der Waals surface area contributed by atoms with E-state index in [9.17, 15) is 0 Å². The minimum atomic E-state index is 0.763. The molecular weight excluding hydrogens is 158 g/mol. The molecule has 0 bridgehead atoms. The fourth-order valence-corrected chi connectivity index (χ4v) is 2.28. The lowest BCUT2D eigenvalue weighted by atomic mass is 9.96. The summed E-state index contributed by atoms with van der Waals surface area (Å²) in [6.07, 6.45) is 9.84. The Labute approximate surface area is 80.4 Å². The van der Waals surface area contributed by atoms with Gasteiger partial charge in [-0.15, -0.1) is 0 Å². The number of nitrogens with zero attached hydrogens (tertiary/aromatic N) is 1. The molecule has 70 valence electrons. The first-order chi connectivity index (χ1) is 6.27. The van der Waals surface area contributed by atoms with E-state index < -0.39 is 0 Å². The maximum atomic E-state index is 2.35. The molecule has 1 aromatic rings. The minimum Gasteiger partial charge on any atom is -0.208 e. The molecule has 0 amide bonds. The van der Waals surface area contributed by atoms with E-state index in [1.54, 1.807) is 11.1 Å². The molecule has 1 aromatic heterocycles. The first kappa shape index (κ1) is 8.74. The van der Waals surface area contributed by atoms with Crippen LogP contribution in [0.4, 0.5) is 0 Å². The predicted octanol–water partition coefficient (Wildman–Crippen LogP) is 2.34. The van der Waals surface area contributed by atoms with Crippen LogP contribution in [0.25, 0.3) is 0 Å². The van der Waals surface area contributed by atoms with Crippen molar-refractivity contribution in [3.63, 3.8) is 0 Å². The van der Waals surface area contributed by atoms with Crippen LogP contribution in [0.5, 0.6) is 0 Å². The van der Waals surface area contributed by atoms with Gasteiger partial charge in [-0.2, -0.15) is 0 Å². The minimum absolute atomic E-state index is 0.763. The van der Waals surface area contributed by atoms with Crippen LogP contribution in [0.1, 0.15) is 43.2 Å². The summed E-state index contributed by atoms with van der Waals surface area (Å²) >= 11 is 0. The van der Waals surface area contributed by atoms with Crippen molar-refractivity contribution in [3.8, 4) is 0 Å². The first-order valence-electron chi connectivity index (χ1n) is 5.25. The summed E-state index contributed by atoms with van der Waals surface area (Å²) in [5.41, 5.74) is 3.14. The van der Waals surface area contributed by atoms with Crippen molar-refractivity contribution in [3.05, 3.63) is 29.6 Å². The van der Waals surface area contributed by atoms with Gasteiger partial charge in [-0.3, -0.25) is 0 Å². The number of aryl methyl sites for hydroxylation is 2. The van der Waals surface area contributed by atoms with Crippen molar-refractivity contribution in [2.45, 2.75) is 38.5 Å². The lowest BCUT2D eigenvalue weighted by Crippen LogP contribution is -2.27. The van der Waals surface area contributed by atoms with Crippen molar-refractivity contribution >= 4 is 0 Å². The Morgan fingerprint density at radius 2 is 2.23 bits per heavy atom. The van der Waals surface area contributed by atoms with E-state index in [1.165, 1.54) is 25.7 Å². The normalized spacial score (nSPS) is 22.2.